The van der Waals surface area contributed by atoms with Crippen LogP contribution in [0.4, 0.5) is 5.82 Å². The lowest BCUT2D eigenvalue weighted by Crippen LogP contribution is -2.44. The van der Waals surface area contributed by atoms with Crippen molar-refractivity contribution in [2.24, 2.45) is 0 Å². The molecule has 1 aromatic heterocycles. The molecule has 1 aliphatic rings. The van der Waals surface area contributed by atoms with Crippen molar-refractivity contribution in [3.05, 3.63) is 18.1 Å². The maximum atomic E-state index is 10.7. The van der Waals surface area contributed by atoms with E-state index in [0.717, 1.165) is 45.7 Å². The normalized spacial score (nSPS) is 16.2. The first-order valence-electron chi connectivity index (χ1n) is 6.48. The van der Waals surface area contributed by atoms with Crippen LogP contribution >= 0.6 is 0 Å². The van der Waals surface area contributed by atoms with E-state index in [4.69, 9.17) is 5.11 Å². The number of hydrogen-bond donors (Lipinski definition) is 3. The van der Waals surface area contributed by atoms with Gasteiger partial charge in [-0.25, -0.2) is 9.78 Å². The quantitative estimate of drug-likeness (QED) is 0.618. The first kappa shape index (κ1) is 13.7. The van der Waals surface area contributed by atoms with E-state index in [1.807, 2.05) is 0 Å². The zero-order chi connectivity index (χ0) is 13.5. The maximum Gasteiger partial charge on any atom is 0.356 e. The van der Waals surface area contributed by atoms with E-state index in [9.17, 15) is 4.79 Å². The van der Waals surface area contributed by atoms with E-state index < -0.39 is 5.97 Å². The first-order valence-corrected chi connectivity index (χ1v) is 6.48. The number of aromatic nitrogens is 2. The molecule has 0 radical (unpaired) electrons. The summed E-state index contributed by atoms with van der Waals surface area (Å²) in [6, 6.07) is 0. The Morgan fingerprint density at radius 3 is 2.95 bits per heavy atom. The Balaban J connectivity index is 1.70. The summed E-state index contributed by atoms with van der Waals surface area (Å²) in [6.07, 6.45) is 3.78. The number of nitrogens with zero attached hydrogens (tertiary/aromatic N) is 3. The number of hydrogen-bond acceptors (Lipinski definition) is 6. The average molecular weight is 265 g/mol. The molecule has 0 aliphatic carbocycles. The lowest BCUT2D eigenvalue weighted by atomic mass is 10.3. The van der Waals surface area contributed by atoms with Gasteiger partial charge < -0.3 is 20.6 Å². The Kier molecular flexibility index (Phi) is 5.05. The molecule has 1 fully saturated rings. The molecule has 0 amide bonds. The maximum absolute atomic E-state index is 10.7. The summed E-state index contributed by atoms with van der Waals surface area (Å²) in [6.45, 7) is 6.10. The molecule has 0 bridgehead atoms. The van der Waals surface area contributed by atoms with Gasteiger partial charge in [0.15, 0.2) is 5.69 Å². The van der Waals surface area contributed by atoms with Crippen LogP contribution in [0.15, 0.2) is 12.4 Å². The number of carbonyl (C=O) groups is 1. The Morgan fingerprint density at radius 2 is 2.21 bits per heavy atom. The number of aromatic carboxylic acids is 1. The van der Waals surface area contributed by atoms with Gasteiger partial charge in [-0.2, -0.15) is 0 Å². The standard InChI is InChI=1S/C12H19N5O2/c18-12(19)10-8-14-9-11(16-10)15-2-1-5-17-6-3-13-4-7-17/h8-9,13H,1-7H2,(H,15,16)(H,18,19). The third-order valence-corrected chi connectivity index (χ3v) is 3.02. The molecule has 3 N–H and O–H groups in total. The molecule has 0 unspecified atom stereocenters. The minimum atomic E-state index is -1.06. The van der Waals surface area contributed by atoms with Gasteiger partial charge in [0.05, 0.1) is 12.4 Å². The van der Waals surface area contributed by atoms with Gasteiger partial charge in [-0.05, 0) is 13.0 Å². The third kappa shape index (κ3) is 4.46. The van der Waals surface area contributed by atoms with Gasteiger partial charge in [0.1, 0.15) is 5.82 Å². The van der Waals surface area contributed by atoms with Crippen LogP contribution in [0.3, 0.4) is 0 Å². The van der Waals surface area contributed by atoms with Crippen molar-refractivity contribution >= 4 is 11.8 Å². The largest absolute Gasteiger partial charge is 0.476 e. The summed E-state index contributed by atoms with van der Waals surface area (Å²) >= 11 is 0. The predicted molar refractivity (Wildman–Crippen MR) is 71.4 cm³/mol. The monoisotopic (exact) mass is 265 g/mol. The van der Waals surface area contributed by atoms with E-state index in [0.29, 0.717) is 5.82 Å². The van der Waals surface area contributed by atoms with Crippen LogP contribution in [0.5, 0.6) is 0 Å². The van der Waals surface area contributed by atoms with Crippen molar-refractivity contribution in [2.45, 2.75) is 6.42 Å². The van der Waals surface area contributed by atoms with Gasteiger partial charge in [0, 0.05) is 32.7 Å². The fourth-order valence-electron chi connectivity index (χ4n) is 2.01. The minimum Gasteiger partial charge on any atom is -0.476 e. The third-order valence-electron chi connectivity index (χ3n) is 3.02. The molecule has 2 rings (SSSR count). The summed E-state index contributed by atoms with van der Waals surface area (Å²) in [4.78, 5) is 21.0. The Hall–Kier alpha value is -1.73. The number of carboxylic acids is 1. The Morgan fingerprint density at radius 1 is 1.42 bits per heavy atom. The molecule has 1 aromatic rings. The summed E-state index contributed by atoms with van der Waals surface area (Å²) < 4.78 is 0. The SMILES string of the molecule is O=C(O)c1cncc(NCCCN2CCNCC2)n1. The van der Waals surface area contributed by atoms with Crippen LogP contribution in [-0.2, 0) is 0 Å². The summed E-state index contributed by atoms with van der Waals surface area (Å²) in [5, 5.41) is 15.2. The Bertz CT molecular complexity index is 420. The number of rotatable bonds is 6. The summed E-state index contributed by atoms with van der Waals surface area (Å²) in [5.74, 6) is -0.544. The van der Waals surface area contributed by atoms with Gasteiger partial charge in [-0.3, -0.25) is 4.98 Å². The molecule has 7 nitrogen and oxygen atoms in total. The van der Waals surface area contributed by atoms with Crippen LogP contribution < -0.4 is 10.6 Å². The van der Waals surface area contributed by atoms with Crippen molar-refractivity contribution in [1.82, 2.24) is 20.2 Å². The van der Waals surface area contributed by atoms with Crippen molar-refractivity contribution in [3.8, 4) is 0 Å². The molecule has 0 aromatic carbocycles. The van der Waals surface area contributed by atoms with Crippen molar-refractivity contribution in [1.29, 1.82) is 0 Å². The van der Waals surface area contributed by atoms with E-state index in [-0.39, 0.29) is 5.69 Å². The van der Waals surface area contributed by atoms with Gasteiger partial charge in [-0.1, -0.05) is 0 Å². The molecule has 19 heavy (non-hydrogen) atoms. The Labute approximate surface area is 112 Å². The van der Waals surface area contributed by atoms with Crippen LogP contribution in [0.2, 0.25) is 0 Å². The summed E-state index contributed by atoms with van der Waals surface area (Å²) in [7, 11) is 0. The van der Waals surface area contributed by atoms with Crippen molar-refractivity contribution in [3.63, 3.8) is 0 Å². The molecule has 104 valence electrons. The second-order valence-electron chi connectivity index (χ2n) is 4.47. The van der Waals surface area contributed by atoms with Crippen molar-refractivity contribution in [2.75, 3.05) is 44.6 Å². The highest BCUT2D eigenvalue weighted by Gasteiger charge is 2.09. The highest BCUT2D eigenvalue weighted by atomic mass is 16.4. The second kappa shape index (κ2) is 7.01. The van der Waals surface area contributed by atoms with Crippen LogP contribution in [0.25, 0.3) is 0 Å². The molecule has 1 saturated heterocycles. The lowest BCUT2D eigenvalue weighted by Gasteiger charge is -2.27. The molecule has 1 aliphatic heterocycles. The molecular weight excluding hydrogens is 246 g/mol. The zero-order valence-corrected chi connectivity index (χ0v) is 10.8. The lowest BCUT2D eigenvalue weighted by molar-refractivity contribution is 0.0690. The van der Waals surface area contributed by atoms with Gasteiger partial charge in [0.2, 0.25) is 0 Å². The number of piperazine rings is 1. The van der Waals surface area contributed by atoms with Gasteiger partial charge in [-0.15, -0.1) is 0 Å². The average Bonchev–Trinajstić information content (AvgIpc) is 2.45. The summed E-state index contributed by atoms with van der Waals surface area (Å²) in [5.41, 5.74) is -0.0351. The van der Waals surface area contributed by atoms with Crippen molar-refractivity contribution < 1.29 is 9.90 Å². The highest BCUT2D eigenvalue weighted by molar-refractivity contribution is 5.85. The smallest absolute Gasteiger partial charge is 0.356 e. The number of anilines is 1. The molecule has 0 saturated carbocycles. The molecule has 2 heterocycles. The number of carboxylic acid groups (broad SMARTS) is 1. The highest BCUT2D eigenvalue weighted by Crippen LogP contribution is 2.02. The fraction of sp³-hybridized carbons (Fsp3) is 0.583. The van der Waals surface area contributed by atoms with E-state index in [1.165, 1.54) is 12.4 Å². The van der Waals surface area contributed by atoms with E-state index in [1.54, 1.807) is 0 Å². The topological polar surface area (TPSA) is 90.4 Å². The van der Waals surface area contributed by atoms with Crippen LogP contribution in [0, 0.1) is 0 Å². The minimum absolute atomic E-state index is 0.0351. The van der Waals surface area contributed by atoms with Gasteiger partial charge >= 0.3 is 5.97 Å². The second-order valence-corrected chi connectivity index (χ2v) is 4.47. The predicted octanol–water partition coefficient (Wildman–Crippen LogP) is -0.118. The zero-order valence-electron chi connectivity index (χ0n) is 10.8. The molecule has 0 spiro atoms. The van der Waals surface area contributed by atoms with Crippen LogP contribution in [0.1, 0.15) is 16.9 Å². The van der Waals surface area contributed by atoms with Crippen LogP contribution in [-0.4, -0.2) is 65.2 Å². The molecular formula is C12H19N5O2. The van der Waals surface area contributed by atoms with Gasteiger partial charge in [0.25, 0.3) is 0 Å². The molecule has 0 atom stereocenters. The first-order chi connectivity index (χ1) is 9.25. The molecule has 7 heteroatoms. The van der Waals surface area contributed by atoms with E-state index in [2.05, 4.69) is 25.5 Å². The number of nitrogens with one attached hydrogen (secondary N) is 2. The fourth-order valence-corrected chi connectivity index (χ4v) is 2.01. The van der Waals surface area contributed by atoms with E-state index >= 15 is 0 Å².